The van der Waals surface area contributed by atoms with Gasteiger partial charge in [-0.3, -0.25) is 9.59 Å². The number of rotatable bonds is 2. The number of carbonyl (C=O) groups is 2. The lowest BCUT2D eigenvalue weighted by Crippen LogP contribution is -2.33. The molecular formula is C9H9F3O3. The fourth-order valence-electron chi connectivity index (χ4n) is 1.60. The number of cyclic esters (lactones) is 2. The zero-order chi connectivity index (χ0) is 11.8. The first-order chi connectivity index (χ1) is 6.73. The first-order valence-electron chi connectivity index (χ1n) is 4.20. The Morgan fingerprint density at radius 1 is 1.53 bits per heavy atom. The molecule has 1 saturated heterocycles. The first-order valence-corrected chi connectivity index (χ1v) is 4.20. The molecule has 1 heterocycles. The van der Waals surface area contributed by atoms with Crippen molar-refractivity contribution < 1.29 is 27.5 Å². The smallest absolute Gasteiger partial charge is 0.393 e. The van der Waals surface area contributed by atoms with Gasteiger partial charge in [-0.15, -0.1) is 0 Å². The number of carbonyl (C=O) groups excluding carboxylic acids is 2. The van der Waals surface area contributed by atoms with E-state index in [4.69, 9.17) is 0 Å². The Bertz CT molecular complexity index is 319. The Morgan fingerprint density at radius 2 is 2.07 bits per heavy atom. The average Bonchev–Trinajstić information content (AvgIpc) is 2.26. The minimum Gasteiger partial charge on any atom is -0.393 e. The van der Waals surface area contributed by atoms with Gasteiger partial charge < -0.3 is 4.74 Å². The molecule has 1 fully saturated rings. The van der Waals surface area contributed by atoms with Crippen LogP contribution in [0.5, 0.6) is 0 Å². The minimum absolute atomic E-state index is 0.195. The maximum Gasteiger partial charge on any atom is 0.396 e. The van der Waals surface area contributed by atoms with Crippen LogP contribution >= 0.6 is 0 Å². The summed E-state index contributed by atoms with van der Waals surface area (Å²) in [6.45, 7) is 4.36. The standard InChI is InChI=1S/C9H9F3O3/c1-4(2)7(9(10,11)12)5-3-6(13)15-8(5)14/h5,7H,1,3H2,2H3. The van der Waals surface area contributed by atoms with E-state index < -0.39 is 36.4 Å². The fraction of sp³-hybridized carbons (Fsp3) is 0.556. The summed E-state index contributed by atoms with van der Waals surface area (Å²) in [6.07, 6.45) is -5.12. The van der Waals surface area contributed by atoms with Gasteiger partial charge in [-0.05, 0) is 6.92 Å². The molecule has 15 heavy (non-hydrogen) atoms. The summed E-state index contributed by atoms with van der Waals surface area (Å²) in [6, 6.07) is 0. The van der Waals surface area contributed by atoms with Crippen LogP contribution in [-0.2, 0) is 14.3 Å². The molecular weight excluding hydrogens is 213 g/mol. The van der Waals surface area contributed by atoms with Crippen LogP contribution in [0, 0.1) is 11.8 Å². The van der Waals surface area contributed by atoms with Crippen LogP contribution in [0.4, 0.5) is 13.2 Å². The molecule has 1 rings (SSSR count). The molecule has 0 spiro atoms. The minimum atomic E-state index is -4.58. The lowest BCUT2D eigenvalue weighted by molar-refractivity contribution is -0.183. The summed E-state index contributed by atoms with van der Waals surface area (Å²) in [4.78, 5) is 21.7. The molecule has 2 atom stereocenters. The Kier molecular flexibility index (Phi) is 2.88. The monoisotopic (exact) mass is 222 g/mol. The lowest BCUT2D eigenvalue weighted by atomic mass is 9.85. The third kappa shape index (κ3) is 2.37. The van der Waals surface area contributed by atoms with E-state index in [-0.39, 0.29) is 5.57 Å². The third-order valence-electron chi connectivity index (χ3n) is 2.19. The second-order valence-electron chi connectivity index (χ2n) is 3.47. The molecule has 0 aromatic heterocycles. The Labute approximate surface area is 83.9 Å². The average molecular weight is 222 g/mol. The number of alkyl halides is 3. The molecule has 84 valence electrons. The van der Waals surface area contributed by atoms with Gasteiger partial charge in [0.05, 0.1) is 18.3 Å². The zero-order valence-corrected chi connectivity index (χ0v) is 7.93. The largest absolute Gasteiger partial charge is 0.396 e. The highest BCUT2D eigenvalue weighted by Crippen LogP contribution is 2.40. The van der Waals surface area contributed by atoms with Crippen molar-refractivity contribution >= 4 is 11.9 Å². The number of halogens is 3. The summed E-state index contributed by atoms with van der Waals surface area (Å²) >= 11 is 0. The van der Waals surface area contributed by atoms with Crippen molar-refractivity contribution in [3.8, 4) is 0 Å². The molecule has 2 unspecified atom stereocenters. The van der Waals surface area contributed by atoms with Crippen molar-refractivity contribution in [1.29, 1.82) is 0 Å². The maximum atomic E-state index is 12.5. The van der Waals surface area contributed by atoms with E-state index in [1.807, 2.05) is 0 Å². The quantitative estimate of drug-likeness (QED) is 0.406. The van der Waals surface area contributed by atoms with Crippen LogP contribution in [-0.4, -0.2) is 18.1 Å². The number of allylic oxidation sites excluding steroid dienone is 1. The van der Waals surface area contributed by atoms with E-state index in [1.165, 1.54) is 6.92 Å². The Balaban J connectivity index is 2.96. The van der Waals surface area contributed by atoms with Gasteiger partial charge in [0.2, 0.25) is 0 Å². The first kappa shape index (κ1) is 11.7. The van der Waals surface area contributed by atoms with Crippen molar-refractivity contribution in [3.63, 3.8) is 0 Å². The highest BCUT2D eigenvalue weighted by Gasteiger charge is 2.52. The molecule has 3 nitrogen and oxygen atoms in total. The fourth-order valence-corrected chi connectivity index (χ4v) is 1.60. The van der Waals surface area contributed by atoms with Crippen LogP contribution in [0.2, 0.25) is 0 Å². The van der Waals surface area contributed by atoms with E-state index in [1.54, 1.807) is 0 Å². The van der Waals surface area contributed by atoms with Gasteiger partial charge in [-0.25, -0.2) is 0 Å². The lowest BCUT2D eigenvalue weighted by Gasteiger charge is -2.23. The van der Waals surface area contributed by atoms with E-state index in [2.05, 4.69) is 11.3 Å². The van der Waals surface area contributed by atoms with Crippen molar-refractivity contribution in [2.45, 2.75) is 19.5 Å². The van der Waals surface area contributed by atoms with Crippen LogP contribution in [0.15, 0.2) is 12.2 Å². The normalized spacial score (nSPS) is 23.9. The van der Waals surface area contributed by atoms with Gasteiger partial charge in [0.1, 0.15) is 0 Å². The van der Waals surface area contributed by atoms with Crippen LogP contribution in [0.25, 0.3) is 0 Å². The second-order valence-corrected chi connectivity index (χ2v) is 3.47. The van der Waals surface area contributed by atoms with E-state index in [0.29, 0.717) is 0 Å². The van der Waals surface area contributed by atoms with Gasteiger partial charge in [0.25, 0.3) is 0 Å². The van der Waals surface area contributed by atoms with Gasteiger partial charge in [-0.1, -0.05) is 12.2 Å². The predicted molar refractivity (Wildman–Crippen MR) is 43.6 cm³/mol. The van der Waals surface area contributed by atoms with E-state index in [9.17, 15) is 22.8 Å². The summed E-state index contributed by atoms with van der Waals surface area (Å²) < 4.78 is 41.7. The Hall–Kier alpha value is -1.33. The summed E-state index contributed by atoms with van der Waals surface area (Å²) in [5.74, 6) is -5.52. The number of esters is 2. The van der Waals surface area contributed by atoms with E-state index in [0.717, 1.165) is 0 Å². The molecule has 1 aliphatic heterocycles. The van der Waals surface area contributed by atoms with Crippen LogP contribution in [0.1, 0.15) is 13.3 Å². The molecule has 0 aromatic rings. The van der Waals surface area contributed by atoms with Crippen molar-refractivity contribution in [2.75, 3.05) is 0 Å². The second kappa shape index (κ2) is 3.67. The molecule has 6 heteroatoms. The molecule has 1 aliphatic rings. The van der Waals surface area contributed by atoms with Gasteiger partial charge >= 0.3 is 18.1 Å². The summed E-state index contributed by atoms with van der Waals surface area (Å²) in [5, 5.41) is 0. The molecule has 0 aliphatic carbocycles. The summed E-state index contributed by atoms with van der Waals surface area (Å²) in [7, 11) is 0. The van der Waals surface area contributed by atoms with E-state index >= 15 is 0 Å². The van der Waals surface area contributed by atoms with Crippen molar-refractivity contribution in [1.82, 2.24) is 0 Å². The maximum absolute atomic E-state index is 12.5. The van der Waals surface area contributed by atoms with Gasteiger partial charge in [-0.2, -0.15) is 13.2 Å². The SMILES string of the molecule is C=C(C)C(C1CC(=O)OC1=O)C(F)(F)F. The van der Waals surface area contributed by atoms with Crippen molar-refractivity contribution in [2.24, 2.45) is 11.8 Å². The zero-order valence-electron chi connectivity index (χ0n) is 7.93. The van der Waals surface area contributed by atoms with Gasteiger partial charge in [0.15, 0.2) is 0 Å². The molecule has 0 aromatic carbocycles. The highest BCUT2D eigenvalue weighted by molar-refractivity contribution is 5.95. The molecule has 0 bridgehead atoms. The molecule has 0 radical (unpaired) electrons. The number of hydrogen-bond acceptors (Lipinski definition) is 3. The molecule has 0 saturated carbocycles. The van der Waals surface area contributed by atoms with Crippen LogP contribution in [0.3, 0.4) is 0 Å². The Morgan fingerprint density at radius 3 is 2.33 bits per heavy atom. The molecule has 0 amide bonds. The topological polar surface area (TPSA) is 43.4 Å². The van der Waals surface area contributed by atoms with Crippen molar-refractivity contribution in [3.05, 3.63) is 12.2 Å². The molecule has 0 N–H and O–H groups in total. The number of ether oxygens (including phenoxy) is 1. The summed E-state index contributed by atoms with van der Waals surface area (Å²) in [5.41, 5.74) is -0.195. The number of hydrogen-bond donors (Lipinski definition) is 0. The predicted octanol–water partition coefficient (Wildman–Crippen LogP) is 1.83. The van der Waals surface area contributed by atoms with Crippen LogP contribution < -0.4 is 0 Å². The highest BCUT2D eigenvalue weighted by atomic mass is 19.4. The van der Waals surface area contributed by atoms with Gasteiger partial charge in [0, 0.05) is 0 Å². The third-order valence-corrected chi connectivity index (χ3v) is 2.19.